The lowest BCUT2D eigenvalue weighted by molar-refractivity contribution is 0.473. The highest BCUT2D eigenvalue weighted by Crippen LogP contribution is 2.44. The van der Waals surface area contributed by atoms with E-state index in [0.717, 1.165) is 6.04 Å². The third-order valence-corrected chi connectivity index (χ3v) is 4.88. The Balaban J connectivity index is 2.22. The van der Waals surface area contributed by atoms with Crippen LogP contribution in [0.1, 0.15) is 36.6 Å². The Morgan fingerprint density at radius 3 is 2.86 bits per heavy atom. The molecule has 1 fully saturated rings. The van der Waals surface area contributed by atoms with Gasteiger partial charge in [-0.15, -0.1) is 11.3 Å². The molecule has 2 heteroatoms. The molecule has 1 aliphatic carbocycles. The molecule has 0 saturated heterocycles. The van der Waals surface area contributed by atoms with Gasteiger partial charge in [-0.2, -0.15) is 0 Å². The Morgan fingerprint density at radius 2 is 2.36 bits per heavy atom. The highest BCUT2D eigenvalue weighted by molar-refractivity contribution is 7.10. The Labute approximate surface area is 90.5 Å². The summed E-state index contributed by atoms with van der Waals surface area (Å²) >= 11 is 1.93. The maximum atomic E-state index is 3.41. The molecule has 1 aromatic heterocycles. The summed E-state index contributed by atoms with van der Waals surface area (Å²) in [4.78, 5) is 1.61. The predicted octanol–water partition coefficient (Wildman–Crippen LogP) is 3.09. The van der Waals surface area contributed by atoms with E-state index in [4.69, 9.17) is 0 Å². The smallest absolute Gasteiger partial charge is 0.0134 e. The van der Waals surface area contributed by atoms with Gasteiger partial charge in [0, 0.05) is 16.3 Å². The van der Waals surface area contributed by atoms with E-state index in [9.17, 15) is 0 Å². The van der Waals surface area contributed by atoms with Gasteiger partial charge in [0.2, 0.25) is 0 Å². The lowest BCUT2D eigenvalue weighted by Crippen LogP contribution is -2.25. The standard InChI is InChI=1S/C12H19NS/c1-9-5-7-14-11(9)12(2)6-4-10(8-12)13-3/h5,7,10,13H,4,6,8H2,1-3H3. The summed E-state index contributed by atoms with van der Waals surface area (Å²) in [5.74, 6) is 0. The molecule has 2 rings (SSSR count). The zero-order chi connectivity index (χ0) is 10.2. The number of aryl methyl sites for hydroxylation is 1. The molecule has 0 bridgehead atoms. The topological polar surface area (TPSA) is 12.0 Å². The molecule has 1 N–H and O–H groups in total. The molecule has 78 valence electrons. The molecule has 2 atom stereocenters. The number of hydrogen-bond acceptors (Lipinski definition) is 2. The summed E-state index contributed by atoms with van der Waals surface area (Å²) < 4.78 is 0. The van der Waals surface area contributed by atoms with E-state index >= 15 is 0 Å². The third kappa shape index (κ3) is 1.61. The molecule has 1 heterocycles. The highest BCUT2D eigenvalue weighted by atomic mass is 32.1. The molecule has 1 aromatic rings. The molecule has 1 aliphatic rings. The maximum absolute atomic E-state index is 3.41. The van der Waals surface area contributed by atoms with Gasteiger partial charge < -0.3 is 5.32 Å². The van der Waals surface area contributed by atoms with Crippen LogP contribution in [-0.2, 0) is 5.41 Å². The average molecular weight is 209 g/mol. The molecule has 0 amide bonds. The van der Waals surface area contributed by atoms with Gasteiger partial charge in [0.1, 0.15) is 0 Å². The monoisotopic (exact) mass is 209 g/mol. The fourth-order valence-electron chi connectivity index (χ4n) is 2.68. The van der Waals surface area contributed by atoms with Crippen LogP contribution in [0, 0.1) is 6.92 Å². The highest BCUT2D eigenvalue weighted by Gasteiger charge is 2.37. The second-order valence-electron chi connectivity index (χ2n) is 4.72. The molecule has 1 nitrogen and oxygen atoms in total. The summed E-state index contributed by atoms with van der Waals surface area (Å²) in [5.41, 5.74) is 1.92. The molecule has 2 unspecified atom stereocenters. The van der Waals surface area contributed by atoms with Gasteiger partial charge in [-0.3, -0.25) is 0 Å². The Kier molecular flexibility index (Phi) is 2.67. The number of nitrogens with one attached hydrogen (secondary N) is 1. The Bertz CT molecular complexity index is 318. The fourth-order valence-corrected chi connectivity index (χ4v) is 3.82. The van der Waals surface area contributed by atoms with Crippen LogP contribution in [0.25, 0.3) is 0 Å². The van der Waals surface area contributed by atoms with Gasteiger partial charge >= 0.3 is 0 Å². The third-order valence-electron chi connectivity index (χ3n) is 3.56. The van der Waals surface area contributed by atoms with Crippen LogP contribution in [0.3, 0.4) is 0 Å². The number of hydrogen-bond donors (Lipinski definition) is 1. The Hall–Kier alpha value is -0.340. The van der Waals surface area contributed by atoms with E-state index in [0.29, 0.717) is 5.41 Å². The van der Waals surface area contributed by atoms with Gasteiger partial charge in [0.15, 0.2) is 0 Å². The number of thiophene rings is 1. The number of rotatable bonds is 2. The summed E-state index contributed by atoms with van der Waals surface area (Å²) in [6.07, 6.45) is 3.95. The van der Waals surface area contributed by atoms with Crippen LogP contribution in [0.5, 0.6) is 0 Å². The van der Waals surface area contributed by atoms with E-state index in [1.165, 1.54) is 24.8 Å². The maximum Gasteiger partial charge on any atom is 0.0134 e. The predicted molar refractivity (Wildman–Crippen MR) is 63.1 cm³/mol. The minimum Gasteiger partial charge on any atom is -0.317 e. The van der Waals surface area contributed by atoms with Crippen molar-refractivity contribution in [2.24, 2.45) is 0 Å². The van der Waals surface area contributed by atoms with Crippen molar-refractivity contribution in [1.29, 1.82) is 0 Å². The van der Waals surface area contributed by atoms with E-state index in [1.54, 1.807) is 4.88 Å². The quantitative estimate of drug-likeness (QED) is 0.789. The first kappa shape index (κ1) is 10.2. The summed E-state index contributed by atoms with van der Waals surface area (Å²) in [6, 6.07) is 2.97. The molecular formula is C12H19NS. The first-order valence-electron chi connectivity index (χ1n) is 5.37. The lowest BCUT2D eigenvalue weighted by Gasteiger charge is -2.24. The second kappa shape index (κ2) is 3.67. The average Bonchev–Trinajstić information content (AvgIpc) is 2.73. The van der Waals surface area contributed by atoms with Crippen molar-refractivity contribution >= 4 is 11.3 Å². The van der Waals surface area contributed by atoms with Crippen molar-refractivity contribution in [2.75, 3.05) is 7.05 Å². The van der Waals surface area contributed by atoms with Crippen molar-refractivity contribution in [1.82, 2.24) is 5.32 Å². The summed E-state index contributed by atoms with van der Waals surface area (Å²) in [5, 5.41) is 5.63. The minimum atomic E-state index is 0.436. The molecule has 14 heavy (non-hydrogen) atoms. The molecule has 0 radical (unpaired) electrons. The van der Waals surface area contributed by atoms with Crippen molar-refractivity contribution in [3.63, 3.8) is 0 Å². The molecule has 0 aliphatic heterocycles. The normalized spacial score (nSPS) is 32.4. The van der Waals surface area contributed by atoms with Gasteiger partial charge in [0.25, 0.3) is 0 Å². The van der Waals surface area contributed by atoms with Gasteiger partial charge in [0.05, 0.1) is 0 Å². The Morgan fingerprint density at radius 1 is 1.57 bits per heavy atom. The van der Waals surface area contributed by atoms with Crippen LogP contribution in [0.4, 0.5) is 0 Å². The zero-order valence-electron chi connectivity index (χ0n) is 9.26. The van der Waals surface area contributed by atoms with Gasteiger partial charge in [-0.05, 0) is 50.2 Å². The lowest BCUT2D eigenvalue weighted by atomic mass is 9.85. The molecule has 0 aromatic carbocycles. The van der Waals surface area contributed by atoms with E-state index in [-0.39, 0.29) is 0 Å². The SMILES string of the molecule is CNC1CCC(C)(c2sccc2C)C1. The van der Waals surface area contributed by atoms with Crippen LogP contribution >= 0.6 is 11.3 Å². The largest absolute Gasteiger partial charge is 0.317 e. The first-order chi connectivity index (χ1) is 6.65. The van der Waals surface area contributed by atoms with Crippen LogP contribution in [0.15, 0.2) is 11.4 Å². The van der Waals surface area contributed by atoms with Crippen LogP contribution < -0.4 is 5.32 Å². The summed E-state index contributed by atoms with van der Waals surface area (Å²) in [6.45, 7) is 4.66. The summed E-state index contributed by atoms with van der Waals surface area (Å²) in [7, 11) is 2.08. The second-order valence-corrected chi connectivity index (χ2v) is 5.64. The van der Waals surface area contributed by atoms with E-state index in [2.05, 4.69) is 37.7 Å². The van der Waals surface area contributed by atoms with Gasteiger partial charge in [-0.25, -0.2) is 0 Å². The molecule has 0 spiro atoms. The molecular weight excluding hydrogens is 190 g/mol. The van der Waals surface area contributed by atoms with Crippen LogP contribution in [0.2, 0.25) is 0 Å². The zero-order valence-corrected chi connectivity index (χ0v) is 10.1. The minimum absolute atomic E-state index is 0.436. The van der Waals surface area contributed by atoms with E-state index in [1.807, 2.05) is 11.3 Å². The van der Waals surface area contributed by atoms with Crippen molar-refractivity contribution < 1.29 is 0 Å². The molecule has 1 saturated carbocycles. The van der Waals surface area contributed by atoms with Gasteiger partial charge in [-0.1, -0.05) is 6.92 Å². The van der Waals surface area contributed by atoms with Crippen molar-refractivity contribution in [2.45, 2.75) is 44.6 Å². The first-order valence-corrected chi connectivity index (χ1v) is 6.25. The van der Waals surface area contributed by atoms with Crippen molar-refractivity contribution in [3.8, 4) is 0 Å². The van der Waals surface area contributed by atoms with Crippen molar-refractivity contribution in [3.05, 3.63) is 21.9 Å². The fraction of sp³-hybridized carbons (Fsp3) is 0.667. The van der Waals surface area contributed by atoms with E-state index < -0.39 is 0 Å². The van der Waals surface area contributed by atoms with Crippen LogP contribution in [-0.4, -0.2) is 13.1 Å².